The molecule has 2 heterocycles. The zero-order chi connectivity index (χ0) is 19.3. The highest BCUT2D eigenvalue weighted by Crippen LogP contribution is 2.39. The van der Waals surface area contributed by atoms with Crippen molar-refractivity contribution in [3.63, 3.8) is 0 Å². The van der Waals surface area contributed by atoms with Crippen LogP contribution in [0, 0.1) is 0 Å². The van der Waals surface area contributed by atoms with Gasteiger partial charge in [-0.3, -0.25) is 9.48 Å². The number of fused-ring (bicyclic) bond motifs is 2. The highest BCUT2D eigenvalue weighted by atomic mass is 35.5. The minimum Gasteiger partial charge on any atom is -0.344 e. The Hall–Kier alpha value is -2.06. The van der Waals surface area contributed by atoms with Gasteiger partial charge in [0.15, 0.2) is 0 Å². The van der Waals surface area contributed by atoms with E-state index in [0.717, 1.165) is 54.0 Å². The zero-order valence-electron chi connectivity index (χ0n) is 14.2. The number of aromatic nitrogens is 2. The van der Waals surface area contributed by atoms with E-state index in [1.54, 1.807) is 10.9 Å². The molecule has 1 aliphatic rings. The van der Waals surface area contributed by atoms with E-state index in [4.69, 9.17) is 11.6 Å². The molecular weight excluding hydrogens is 399 g/mol. The van der Waals surface area contributed by atoms with Crippen molar-refractivity contribution < 1.29 is 18.0 Å². The predicted octanol–water partition coefficient (Wildman–Crippen LogP) is 5.11. The molecule has 1 atom stereocenters. The third-order valence-corrected chi connectivity index (χ3v) is 6.50. The minimum absolute atomic E-state index is 0.179. The van der Waals surface area contributed by atoms with Crippen molar-refractivity contribution in [1.82, 2.24) is 15.1 Å². The first-order valence-electron chi connectivity index (χ1n) is 8.36. The second-order valence-corrected chi connectivity index (χ2v) is 7.97. The number of thiophene rings is 1. The Morgan fingerprint density at radius 2 is 2.19 bits per heavy atom. The Kier molecular flexibility index (Phi) is 4.43. The van der Waals surface area contributed by atoms with Gasteiger partial charge in [0, 0.05) is 28.4 Å². The molecule has 0 radical (unpaired) electrons. The van der Waals surface area contributed by atoms with Gasteiger partial charge in [-0.2, -0.15) is 18.3 Å². The van der Waals surface area contributed by atoms with Crippen LogP contribution in [-0.2, 0) is 19.6 Å². The second-order valence-electron chi connectivity index (χ2n) is 6.54. The average molecular weight is 414 g/mol. The fraction of sp³-hybridized carbons (Fsp3) is 0.333. The van der Waals surface area contributed by atoms with E-state index in [9.17, 15) is 18.0 Å². The van der Waals surface area contributed by atoms with E-state index < -0.39 is 11.7 Å². The molecule has 142 valence electrons. The van der Waals surface area contributed by atoms with Crippen LogP contribution in [0.1, 0.15) is 45.4 Å². The first-order chi connectivity index (χ1) is 12.8. The number of benzene rings is 1. The van der Waals surface area contributed by atoms with Crippen LogP contribution in [0.4, 0.5) is 13.2 Å². The van der Waals surface area contributed by atoms with Crippen LogP contribution in [0.2, 0.25) is 5.02 Å². The molecule has 2 aromatic heterocycles. The molecule has 1 aromatic carbocycles. The van der Waals surface area contributed by atoms with Crippen LogP contribution in [0.15, 0.2) is 24.4 Å². The topological polar surface area (TPSA) is 46.9 Å². The lowest BCUT2D eigenvalue weighted by atomic mass is 9.93. The van der Waals surface area contributed by atoms with Gasteiger partial charge in [0.05, 0.1) is 22.8 Å². The summed E-state index contributed by atoms with van der Waals surface area (Å²) in [7, 11) is 1.87. The van der Waals surface area contributed by atoms with Gasteiger partial charge in [-0.25, -0.2) is 0 Å². The Morgan fingerprint density at radius 1 is 1.41 bits per heavy atom. The lowest BCUT2D eigenvalue weighted by Gasteiger charge is -2.23. The first-order valence-corrected chi connectivity index (χ1v) is 9.56. The fourth-order valence-corrected chi connectivity index (χ4v) is 4.93. The van der Waals surface area contributed by atoms with Crippen LogP contribution < -0.4 is 5.32 Å². The monoisotopic (exact) mass is 413 g/mol. The van der Waals surface area contributed by atoms with Crippen molar-refractivity contribution in [2.45, 2.75) is 31.5 Å². The molecule has 27 heavy (non-hydrogen) atoms. The first kappa shape index (κ1) is 18.3. The Labute approximate surface area is 161 Å². The molecule has 0 spiro atoms. The number of nitrogens with one attached hydrogen (secondary N) is 1. The Morgan fingerprint density at radius 3 is 2.93 bits per heavy atom. The van der Waals surface area contributed by atoms with Crippen molar-refractivity contribution >= 4 is 38.9 Å². The lowest BCUT2D eigenvalue weighted by Crippen LogP contribution is -2.30. The maximum absolute atomic E-state index is 12.9. The number of halogens is 4. The third-order valence-electron chi connectivity index (χ3n) is 4.84. The normalized spacial score (nSPS) is 17.1. The van der Waals surface area contributed by atoms with E-state index >= 15 is 0 Å². The molecule has 0 unspecified atom stereocenters. The highest BCUT2D eigenvalue weighted by molar-refractivity contribution is 7.21. The van der Waals surface area contributed by atoms with E-state index in [0.29, 0.717) is 10.1 Å². The summed E-state index contributed by atoms with van der Waals surface area (Å²) < 4.78 is 40.9. The summed E-state index contributed by atoms with van der Waals surface area (Å²) in [6.45, 7) is 0. The van der Waals surface area contributed by atoms with Gasteiger partial charge < -0.3 is 5.32 Å². The van der Waals surface area contributed by atoms with Gasteiger partial charge in [-0.1, -0.05) is 17.7 Å². The van der Waals surface area contributed by atoms with Crippen molar-refractivity contribution in [3.8, 4) is 0 Å². The van der Waals surface area contributed by atoms with Gasteiger partial charge in [-0.15, -0.1) is 11.3 Å². The van der Waals surface area contributed by atoms with Crippen molar-refractivity contribution in [3.05, 3.63) is 51.1 Å². The van der Waals surface area contributed by atoms with Gasteiger partial charge in [-0.05, 0) is 31.4 Å². The van der Waals surface area contributed by atoms with Crippen LogP contribution in [0.25, 0.3) is 10.1 Å². The number of rotatable bonds is 2. The van der Waals surface area contributed by atoms with Crippen molar-refractivity contribution in [2.75, 3.05) is 0 Å². The quantitative estimate of drug-likeness (QED) is 0.634. The molecule has 1 N–H and O–H groups in total. The molecule has 0 aliphatic heterocycles. The number of nitrogens with zero attached hydrogens (tertiary/aromatic N) is 2. The van der Waals surface area contributed by atoms with E-state index in [1.165, 1.54) is 6.07 Å². The van der Waals surface area contributed by atoms with Gasteiger partial charge in [0.2, 0.25) is 0 Å². The zero-order valence-corrected chi connectivity index (χ0v) is 15.8. The number of hydrogen-bond acceptors (Lipinski definition) is 3. The average Bonchev–Trinajstić information content (AvgIpc) is 3.16. The molecule has 0 saturated heterocycles. The molecule has 1 amide bonds. The molecular formula is C18H15ClF3N3OS. The maximum Gasteiger partial charge on any atom is 0.416 e. The minimum atomic E-state index is -4.44. The molecule has 4 rings (SSSR count). The van der Waals surface area contributed by atoms with Gasteiger partial charge >= 0.3 is 6.18 Å². The molecule has 3 aromatic rings. The molecule has 0 fully saturated rings. The smallest absolute Gasteiger partial charge is 0.344 e. The van der Waals surface area contributed by atoms with E-state index in [-0.39, 0.29) is 21.8 Å². The fourth-order valence-electron chi connectivity index (χ4n) is 3.47. The SMILES string of the molecule is Cn1ncc2c1CCC[C@@H]2NC(=O)c1sc2cc(C(F)(F)F)ccc2c1Cl. The molecule has 0 saturated carbocycles. The number of aryl methyl sites for hydroxylation is 1. The molecule has 4 nitrogen and oxygen atoms in total. The number of amides is 1. The molecule has 1 aliphatic carbocycles. The van der Waals surface area contributed by atoms with Gasteiger partial charge in [0.25, 0.3) is 5.91 Å². The summed E-state index contributed by atoms with van der Waals surface area (Å²) >= 11 is 7.27. The lowest BCUT2D eigenvalue weighted by molar-refractivity contribution is -0.137. The van der Waals surface area contributed by atoms with Gasteiger partial charge in [0.1, 0.15) is 4.88 Å². The summed E-state index contributed by atoms with van der Waals surface area (Å²) in [4.78, 5) is 13.0. The Balaban J connectivity index is 1.64. The number of carbonyl (C=O) groups is 1. The molecule has 0 bridgehead atoms. The number of carbonyl (C=O) groups excluding carboxylic acids is 1. The van der Waals surface area contributed by atoms with Crippen LogP contribution in [0.3, 0.4) is 0 Å². The summed E-state index contributed by atoms with van der Waals surface area (Å²) in [5, 5.41) is 7.84. The summed E-state index contributed by atoms with van der Waals surface area (Å²) in [5.41, 5.74) is 1.31. The maximum atomic E-state index is 12.9. The van der Waals surface area contributed by atoms with Crippen LogP contribution in [0.5, 0.6) is 0 Å². The van der Waals surface area contributed by atoms with E-state index in [2.05, 4.69) is 10.4 Å². The van der Waals surface area contributed by atoms with Crippen molar-refractivity contribution in [2.24, 2.45) is 7.05 Å². The van der Waals surface area contributed by atoms with E-state index in [1.807, 2.05) is 7.05 Å². The standard InChI is InChI=1S/C18H15ClF3N3OS/c1-25-13-4-2-3-12(11(13)8-23-25)24-17(26)16-15(19)10-6-5-9(18(20,21)22)7-14(10)27-16/h5-8,12H,2-4H2,1H3,(H,24,26)/t12-/m0/s1. The number of alkyl halides is 3. The van der Waals surface area contributed by atoms with Crippen LogP contribution in [-0.4, -0.2) is 15.7 Å². The highest BCUT2D eigenvalue weighted by Gasteiger charge is 2.32. The molecule has 9 heteroatoms. The summed E-state index contributed by atoms with van der Waals surface area (Å²) in [5.74, 6) is -0.378. The summed E-state index contributed by atoms with van der Waals surface area (Å²) in [6, 6.07) is 3.14. The number of hydrogen-bond donors (Lipinski definition) is 1. The Bertz CT molecular complexity index is 1040. The third kappa shape index (κ3) is 3.21. The second kappa shape index (κ2) is 6.53. The largest absolute Gasteiger partial charge is 0.416 e. The van der Waals surface area contributed by atoms with Crippen molar-refractivity contribution in [1.29, 1.82) is 0 Å². The van der Waals surface area contributed by atoms with Crippen LogP contribution >= 0.6 is 22.9 Å². The summed E-state index contributed by atoms with van der Waals surface area (Å²) in [6.07, 6.45) is -0.0761. The predicted molar refractivity (Wildman–Crippen MR) is 98.2 cm³/mol.